The average Bonchev–Trinajstić information content (AvgIpc) is 2.79. The van der Waals surface area contributed by atoms with Crippen LogP contribution in [0.25, 0.3) is 0 Å². The van der Waals surface area contributed by atoms with Gasteiger partial charge in [-0.1, -0.05) is 6.92 Å². The molecule has 1 heterocycles. The first-order valence-electron chi connectivity index (χ1n) is 5.51. The van der Waals surface area contributed by atoms with Crippen LogP contribution in [0, 0.1) is 5.92 Å². The fraction of sp³-hybridized carbons (Fsp3) is 1.00. The molecule has 12 heavy (non-hydrogen) atoms. The van der Waals surface area contributed by atoms with Gasteiger partial charge in [0.2, 0.25) is 0 Å². The third kappa shape index (κ3) is 1.28. The van der Waals surface area contributed by atoms with Crippen molar-refractivity contribution in [2.75, 3.05) is 0 Å². The Labute approximate surface area is 76.1 Å². The summed E-state index contributed by atoms with van der Waals surface area (Å²) >= 11 is 0. The Bertz CT molecular complexity index is 164. The standard InChI is InChI=1S/C11H21N/c1-4-10-6-5-9-7-11(9)12(10)8(2)3/h8-11H,4-7H2,1-3H3. The van der Waals surface area contributed by atoms with Gasteiger partial charge < -0.3 is 0 Å². The minimum absolute atomic E-state index is 0.769. The molecule has 70 valence electrons. The van der Waals surface area contributed by atoms with E-state index in [1.807, 2.05) is 0 Å². The summed E-state index contributed by atoms with van der Waals surface area (Å²) in [6, 6.07) is 2.64. The smallest absolute Gasteiger partial charge is 0.0133 e. The van der Waals surface area contributed by atoms with Crippen LogP contribution in [-0.2, 0) is 0 Å². The number of hydrogen-bond acceptors (Lipinski definition) is 1. The van der Waals surface area contributed by atoms with Gasteiger partial charge in [0.15, 0.2) is 0 Å². The molecular weight excluding hydrogens is 146 g/mol. The second kappa shape index (κ2) is 3.02. The molecule has 0 aromatic heterocycles. The summed E-state index contributed by atoms with van der Waals surface area (Å²) < 4.78 is 0. The van der Waals surface area contributed by atoms with Gasteiger partial charge in [-0.25, -0.2) is 0 Å². The summed E-state index contributed by atoms with van der Waals surface area (Å²) in [5, 5.41) is 0. The second-order valence-corrected chi connectivity index (χ2v) is 4.74. The zero-order valence-electron chi connectivity index (χ0n) is 8.59. The molecule has 1 saturated heterocycles. The Balaban J connectivity index is 2.03. The van der Waals surface area contributed by atoms with Crippen molar-refractivity contribution in [1.82, 2.24) is 4.90 Å². The number of piperidine rings is 1. The van der Waals surface area contributed by atoms with Gasteiger partial charge in [0.05, 0.1) is 0 Å². The molecule has 1 heteroatoms. The van der Waals surface area contributed by atoms with Crippen LogP contribution in [0.3, 0.4) is 0 Å². The Morgan fingerprint density at radius 3 is 2.67 bits per heavy atom. The lowest BCUT2D eigenvalue weighted by atomic mass is 9.98. The highest BCUT2D eigenvalue weighted by Crippen LogP contribution is 2.46. The predicted octanol–water partition coefficient (Wildman–Crippen LogP) is 2.66. The third-order valence-electron chi connectivity index (χ3n) is 3.63. The van der Waals surface area contributed by atoms with Gasteiger partial charge in [-0.15, -0.1) is 0 Å². The monoisotopic (exact) mass is 167 g/mol. The fourth-order valence-corrected chi connectivity index (χ4v) is 2.95. The van der Waals surface area contributed by atoms with Crippen molar-refractivity contribution in [3.8, 4) is 0 Å². The second-order valence-electron chi connectivity index (χ2n) is 4.74. The molecule has 3 atom stereocenters. The van der Waals surface area contributed by atoms with Crippen LogP contribution in [0.2, 0.25) is 0 Å². The first kappa shape index (κ1) is 8.55. The van der Waals surface area contributed by atoms with E-state index in [0.717, 1.165) is 24.0 Å². The van der Waals surface area contributed by atoms with Crippen LogP contribution < -0.4 is 0 Å². The number of likely N-dealkylation sites (tertiary alicyclic amines) is 1. The van der Waals surface area contributed by atoms with Gasteiger partial charge in [0.1, 0.15) is 0 Å². The molecule has 1 aliphatic carbocycles. The summed E-state index contributed by atoms with van der Waals surface area (Å²) in [7, 11) is 0. The van der Waals surface area contributed by atoms with Gasteiger partial charge in [-0.3, -0.25) is 4.90 Å². The van der Waals surface area contributed by atoms with Gasteiger partial charge in [0.25, 0.3) is 0 Å². The minimum Gasteiger partial charge on any atom is -0.295 e. The third-order valence-corrected chi connectivity index (χ3v) is 3.63. The molecule has 0 N–H and O–H groups in total. The van der Waals surface area contributed by atoms with E-state index in [2.05, 4.69) is 25.7 Å². The van der Waals surface area contributed by atoms with Gasteiger partial charge in [-0.2, -0.15) is 0 Å². The SMILES string of the molecule is CCC1CCC2CC2N1C(C)C. The number of fused-ring (bicyclic) bond motifs is 1. The molecule has 0 amide bonds. The Hall–Kier alpha value is -0.0400. The van der Waals surface area contributed by atoms with Crippen molar-refractivity contribution < 1.29 is 0 Å². The van der Waals surface area contributed by atoms with Crippen molar-refractivity contribution in [3.63, 3.8) is 0 Å². The maximum Gasteiger partial charge on any atom is 0.0133 e. The van der Waals surface area contributed by atoms with E-state index in [1.54, 1.807) is 0 Å². The molecule has 0 aromatic carbocycles. The van der Waals surface area contributed by atoms with Crippen molar-refractivity contribution >= 4 is 0 Å². The van der Waals surface area contributed by atoms with E-state index in [-0.39, 0.29) is 0 Å². The van der Waals surface area contributed by atoms with Crippen LogP contribution in [-0.4, -0.2) is 23.0 Å². The molecule has 1 aliphatic heterocycles. The van der Waals surface area contributed by atoms with Gasteiger partial charge >= 0.3 is 0 Å². The Morgan fingerprint density at radius 1 is 1.33 bits per heavy atom. The molecule has 0 bridgehead atoms. The van der Waals surface area contributed by atoms with Crippen LogP contribution >= 0.6 is 0 Å². The quantitative estimate of drug-likeness (QED) is 0.611. The van der Waals surface area contributed by atoms with Crippen molar-refractivity contribution in [2.24, 2.45) is 5.92 Å². The van der Waals surface area contributed by atoms with Crippen LogP contribution in [0.1, 0.15) is 46.5 Å². The van der Waals surface area contributed by atoms with E-state index < -0.39 is 0 Å². The molecule has 0 aromatic rings. The molecule has 0 radical (unpaired) electrons. The lowest BCUT2D eigenvalue weighted by Crippen LogP contribution is -2.44. The topological polar surface area (TPSA) is 3.24 Å². The highest BCUT2D eigenvalue weighted by Gasteiger charge is 2.47. The summed E-state index contributed by atoms with van der Waals surface area (Å²) in [5.74, 6) is 1.08. The average molecular weight is 167 g/mol. The molecular formula is C11H21N. The zero-order chi connectivity index (χ0) is 8.72. The molecule has 1 saturated carbocycles. The fourth-order valence-electron chi connectivity index (χ4n) is 2.95. The first-order valence-corrected chi connectivity index (χ1v) is 5.51. The maximum atomic E-state index is 2.77. The van der Waals surface area contributed by atoms with E-state index in [0.29, 0.717) is 0 Å². The molecule has 2 fully saturated rings. The highest BCUT2D eigenvalue weighted by atomic mass is 15.2. The summed E-state index contributed by atoms with van der Waals surface area (Å²) in [6.07, 6.45) is 5.80. The Kier molecular flexibility index (Phi) is 2.16. The predicted molar refractivity (Wildman–Crippen MR) is 52.2 cm³/mol. The van der Waals surface area contributed by atoms with E-state index in [4.69, 9.17) is 0 Å². The highest BCUT2D eigenvalue weighted by molar-refractivity contribution is 5.02. The van der Waals surface area contributed by atoms with E-state index >= 15 is 0 Å². The molecule has 1 nitrogen and oxygen atoms in total. The van der Waals surface area contributed by atoms with Crippen molar-refractivity contribution in [1.29, 1.82) is 0 Å². The Morgan fingerprint density at radius 2 is 2.08 bits per heavy atom. The normalized spacial score (nSPS) is 41.5. The lowest BCUT2D eigenvalue weighted by molar-refractivity contribution is 0.0978. The van der Waals surface area contributed by atoms with Gasteiger partial charge in [0, 0.05) is 18.1 Å². The summed E-state index contributed by atoms with van der Waals surface area (Å²) in [5.41, 5.74) is 0. The van der Waals surface area contributed by atoms with Gasteiger partial charge in [-0.05, 0) is 45.4 Å². The van der Waals surface area contributed by atoms with Crippen LogP contribution in [0.5, 0.6) is 0 Å². The van der Waals surface area contributed by atoms with E-state index in [1.165, 1.54) is 25.7 Å². The number of hydrogen-bond donors (Lipinski definition) is 0. The zero-order valence-corrected chi connectivity index (χ0v) is 8.59. The van der Waals surface area contributed by atoms with Crippen molar-refractivity contribution in [3.05, 3.63) is 0 Å². The van der Waals surface area contributed by atoms with Crippen molar-refractivity contribution in [2.45, 2.75) is 64.6 Å². The molecule has 2 aliphatic rings. The lowest BCUT2D eigenvalue weighted by Gasteiger charge is -2.38. The largest absolute Gasteiger partial charge is 0.295 e. The number of rotatable bonds is 2. The maximum absolute atomic E-state index is 2.77. The van der Waals surface area contributed by atoms with E-state index in [9.17, 15) is 0 Å². The first-order chi connectivity index (χ1) is 5.74. The minimum atomic E-state index is 0.769. The molecule has 2 rings (SSSR count). The molecule has 0 spiro atoms. The van der Waals surface area contributed by atoms with Crippen LogP contribution in [0.15, 0.2) is 0 Å². The number of nitrogens with zero attached hydrogens (tertiary/aromatic N) is 1. The summed E-state index contributed by atoms with van der Waals surface area (Å²) in [4.78, 5) is 2.77. The molecule has 3 unspecified atom stereocenters. The summed E-state index contributed by atoms with van der Waals surface area (Å²) in [6.45, 7) is 7.04. The van der Waals surface area contributed by atoms with Crippen LogP contribution in [0.4, 0.5) is 0 Å².